The highest BCUT2D eigenvalue weighted by Crippen LogP contribution is 2.62. The summed E-state index contributed by atoms with van der Waals surface area (Å²) in [6.07, 6.45) is 11.3. The average Bonchev–Trinajstić information content (AvgIpc) is 2.97. The normalized spacial score (nSPS) is 33.3. The van der Waals surface area contributed by atoms with E-state index < -0.39 is 0 Å². The van der Waals surface area contributed by atoms with Gasteiger partial charge in [0.2, 0.25) is 5.91 Å². The van der Waals surface area contributed by atoms with Gasteiger partial charge in [-0.15, -0.1) is 0 Å². The van der Waals surface area contributed by atoms with Gasteiger partial charge in [0.1, 0.15) is 5.75 Å². The van der Waals surface area contributed by atoms with Crippen LogP contribution in [0.3, 0.4) is 0 Å². The van der Waals surface area contributed by atoms with Crippen molar-refractivity contribution in [2.24, 2.45) is 17.3 Å². The van der Waals surface area contributed by atoms with E-state index in [1.807, 2.05) is 26.2 Å². The Morgan fingerprint density at radius 3 is 2.85 bits per heavy atom. The van der Waals surface area contributed by atoms with E-state index in [4.69, 9.17) is 0 Å². The quantitative estimate of drug-likeness (QED) is 0.760. The smallest absolute Gasteiger partial charge is 0.222 e. The van der Waals surface area contributed by atoms with Crippen LogP contribution >= 0.6 is 0 Å². The molecule has 2 fully saturated rings. The summed E-state index contributed by atoms with van der Waals surface area (Å²) in [6, 6.07) is 6.04. The van der Waals surface area contributed by atoms with Crippen molar-refractivity contribution < 1.29 is 9.90 Å². The fraction of sp³-hybridized carbons (Fsp3) is 0.625. The third-order valence-corrected chi connectivity index (χ3v) is 7.81. The summed E-state index contributed by atoms with van der Waals surface area (Å²) in [5, 5.41) is 9.83. The minimum absolute atomic E-state index is 0.224. The summed E-state index contributed by atoms with van der Waals surface area (Å²) in [5.74, 6) is 2.85. The maximum Gasteiger partial charge on any atom is 0.222 e. The Hall–Kier alpha value is -1.77. The van der Waals surface area contributed by atoms with Gasteiger partial charge in [-0.05, 0) is 91.4 Å². The lowest BCUT2D eigenvalue weighted by Gasteiger charge is -2.49. The van der Waals surface area contributed by atoms with Gasteiger partial charge in [0, 0.05) is 20.5 Å². The number of carbonyl (C=O) groups excluding carboxylic acids is 1. The van der Waals surface area contributed by atoms with E-state index in [1.54, 1.807) is 10.5 Å². The van der Waals surface area contributed by atoms with E-state index in [0.29, 0.717) is 23.5 Å². The zero-order valence-corrected chi connectivity index (χ0v) is 17.0. The van der Waals surface area contributed by atoms with Gasteiger partial charge >= 0.3 is 0 Å². The number of rotatable bonds is 3. The molecule has 3 heteroatoms. The van der Waals surface area contributed by atoms with Crippen molar-refractivity contribution in [1.29, 1.82) is 0 Å². The molecule has 146 valence electrons. The summed E-state index contributed by atoms with van der Waals surface area (Å²) in [6.45, 7) is 2.49. The van der Waals surface area contributed by atoms with Crippen LogP contribution in [0.4, 0.5) is 0 Å². The first-order valence-electron chi connectivity index (χ1n) is 10.6. The van der Waals surface area contributed by atoms with Crippen molar-refractivity contribution >= 4 is 5.91 Å². The molecular formula is C24H33NO2. The van der Waals surface area contributed by atoms with E-state index in [2.05, 4.69) is 19.1 Å². The van der Waals surface area contributed by atoms with E-state index in [1.165, 1.54) is 43.2 Å². The van der Waals surface area contributed by atoms with Crippen LogP contribution in [0.1, 0.15) is 68.9 Å². The molecule has 1 aromatic rings. The number of hydrogen-bond donors (Lipinski definition) is 1. The summed E-state index contributed by atoms with van der Waals surface area (Å²) in [5.41, 5.74) is 4.82. The molecule has 0 aliphatic heterocycles. The molecule has 4 rings (SSSR count). The van der Waals surface area contributed by atoms with Crippen LogP contribution in [0.2, 0.25) is 0 Å². The molecule has 3 aliphatic carbocycles. The number of benzene rings is 1. The first-order chi connectivity index (χ1) is 12.9. The van der Waals surface area contributed by atoms with Crippen LogP contribution < -0.4 is 0 Å². The minimum atomic E-state index is 0.224. The highest BCUT2D eigenvalue weighted by molar-refractivity contribution is 5.75. The van der Waals surface area contributed by atoms with E-state index in [9.17, 15) is 9.90 Å². The SMILES string of the molecule is CN(C)C(=O)CC/C=C1/CCC2C3CCc4cc(O)ccc4C3CCC12C. The highest BCUT2D eigenvalue weighted by atomic mass is 16.3. The molecule has 0 saturated heterocycles. The second kappa shape index (κ2) is 7.00. The summed E-state index contributed by atoms with van der Waals surface area (Å²) >= 11 is 0. The zero-order valence-electron chi connectivity index (χ0n) is 17.0. The lowest BCUT2D eigenvalue weighted by molar-refractivity contribution is -0.128. The molecule has 1 N–H and O–H groups in total. The van der Waals surface area contributed by atoms with E-state index in [-0.39, 0.29) is 5.91 Å². The Morgan fingerprint density at radius 1 is 1.26 bits per heavy atom. The third-order valence-electron chi connectivity index (χ3n) is 7.81. The molecule has 2 saturated carbocycles. The van der Waals surface area contributed by atoms with Gasteiger partial charge in [-0.3, -0.25) is 4.79 Å². The van der Waals surface area contributed by atoms with Crippen molar-refractivity contribution in [3.63, 3.8) is 0 Å². The minimum Gasteiger partial charge on any atom is -0.508 e. The number of phenols is 1. The van der Waals surface area contributed by atoms with Crippen molar-refractivity contribution in [2.75, 3.05) is 14.1 Å². The maximum atomic E-state index is 11.9. The first-order valence-corrected chi connectivity index (χ1v) is 10.6. The molecule has 0 spiro atoms. The maximum absolute atomic E-state index is 11.9. The predicted molar refractivity (Wildman–Crippen MR) is 109 cm³/mol. The van der Waals surface area contributed by atoms with Crippen molar-refractivity contribution in [3.8, 4) is 5.75 Å². The Bertz CT molecular complexity index is 766. The summed E-state index contributed by atoms with van der Waals surface area (Å²) in [7, 11) is 3.68. The number of aromatic hydroxyl groups is 1. The number of nitrogens with zero attached hydrogens (tertiary/aromatic N) is 1. The molecule has 0 heterocycles. The summed E-state index contributed by atoms with van der Waals surface area (Å²) in [4.78, 5) is 13.6. The van der Waals surface area contributed by atoms with Crippen molar-refractivity contribution in [1.82, 2.24) is 4.90 Å². The van der Waals surface area contributed by atoms with Crippen LogP contribution in [0.5, 0.6) is 5.75 Å². The topological polar surface area (TPSA) is 40.5 Å². The largest absolute Gasteiger partial charge is 0.508 e. The van der Waals surface area contributed by atoms with Crippen LogP contribution in [0.25, 0.3) is 0 Å². The molecular weight excluding hydrogens is 334 g/mol. The number of aryl methyl sites for hydroxylation is 1. The molecule has 27 heavy (non-hydrogen) atoms. The van der Waals surface area contributed by atoms with Gasteiger partial charge in [-0.1, -0.05) is 24.6 Å². The molecule has 0 bridgehead atoms. The molecule has 0 aromatic heterocycles. The number of allylic oxidation sites excluding steroid dienone is 2. The Kier molecular flexibility index (Phi) is 4.82. The average molecular weight is 368 g/mol. The fourth-order valence-electron chi connectivity index (χ4n) is 6.35. The molecule has 4 atom stereocenters. The molecule has 4 unspecified atom stereocenters. The fourth-order valence-corrected chi connectivity index (χ4v) is 6.35. The molecule has 0 radical (unpaired) electrons. The first kappa shape index (κ1) is 18.6. The van der Waals surface area contributed by atoms with Crippen molar-refractivity contribution in [3.05, 3.63) is 41.0 Å². The highest BCUT2D eigenvalue weighted by Gasteiger charge is 2.52. The van der Waals surface area contributed by atoms with Gasteiger partial charge in [0.15, 0.2) is 0 Å². The van der Waals surface area contributed by atoms with Gasteiger partial charge in [0.05, 0.1) is 0 Å². The molecule has 3 nitrogen and oxygen atoms in total. The van der Waals surface area contributed by atoms with Gasteiger partial charge in [0.25, 0.3) is 0 Å². The number of carbonyl (C=O) groups is 1. The van der Waals surface area contributed by atoms with Crippen LogP contribution in [-0.2, 0) is 11.2 Å². The van der Waals surface area contributed by atoms with E-state index >= 15 is 0 Å². The van der Waals surface area contributed by atoms with Crippen LogP contribution in [0.15, 0.2) is 29.8 Å². The lowest BCUT2D eigenvalue weighted by atomic mass is 9.55. The number of phenolic OH excluding ortho intramolecular Hbond substituents is 1. The van der Waals surface area contributed by atoms with Crippen LogP contribution in [-0.4, -0.2) is 30.0 Å². The van der Waals surface area contributed by atoms with Gasteiger partial charge in [-0.2, -0.15) is 0 Å². The molecule has 1 amide bonds. The van der Waals surface area contributed by atoms with Gasteiger partial charge < -0.3 is 10.0 Å². The van der Waals surface area contributed by atoms with E-state index in [0.717, 1.165) is 24.7 Å². The second-order valence-electron chi connectivity index (χ2n) is 9.35. The predicted octanol–water partition coefficient (Wildman–Crippen LogP) is 5.04. The van der Waals surface area contributed by atoms with Crippen molar-refractivity contribution in [2.45, 2.75) is 64.2 Å². The zero-order chi connectivity index (χ0) is 19.2. The molecule has 1 aromatic carbocycles. The number of amides is 1. The molecule has 3 aliphatic rings. The Balaban J connectivity index is 1.52. The Morgan fingerprint density at radius 2 is 2.07 bits per heavy atom. The lowest BCUT2D eigenvalue weighted by Crippen LogP contribution is -2.40. The Labute approximate surface area is 163 Å². The number of fused-ring (bicyclic) bond motifs is 5. The van der Waals surface area contributed by atoms with Gasteiger partial charge in [-0.25, -0.2) is 0 Å². The van der Waals surface area contributed by atoms with Crippen LogP contribution in [0, 0.1) is 17.3 Å². The second-order valence-corrected chi connectivity index (χ2v) is 9.35. The third kappa shape index (κ3) is 3.19. The summed E-state index contributed by atoms with van der Waals surface area (Å²) < 4.78 is 0. The standard InChI is InChI=1S/C24H33NO2/c1-24-14-13-20-19-11-9-18(26)15-16(19)7-10-21(20)22(24)12-8-17(24)5-4-6-23(27)25(2)3/h5,9,11,15,20-22,26H,4,6-8,10,12-14H2,1-3H3/b17-5-. The monoisotopic (exact) mass is 367 g/mol. The number of hydrogen-bond acceptors (Lipinski definition) is 2.